The van der Waals surface area contributed by atoms with Gasteiger partial charge in [0.2, 0.25) is 0 Å². The Morgan fingerprint density at radius 2 is 1.77 bits per heavy atom. The molecule has 0 aromatic heterocycles. The monoisotopic (exact) mass is 505 g/mol. The minimum Gasteiger partial charge on any atom is -0.454 e. The Labute approximate surface area is 202 Å². The number of rotatable bonds is 6. The summed E-state index contributed by atoms with van der Waals surface area (Å²) in [5, 5.41) is 8.45. The molecule has 2 amide bonds. The second kappa shape index (κ2) is 10.1. The van der Waals surface area contributed by atoms with E-state index in [-0.39, 0.29) is 22.6 Å². The van der Waals surface area contributed by atoms with Crippen LogP contribution in [0.4, 0.5) is 22.4 Å². The summed E-state index contributed by atoms with van der Waals surface area (Å²) in [6, 6.07) is 7.84. The number of halogens is 4. The van der Waals surface area contributed by atoms with Crippen molar-refractivity contribution in [2.75, 3.05) is 26.2 Å². The Morgan fingerprint density at radius 1 is 1.06 bits per heavy atom. The van der Waals surface area contributed by atoms with E-state index in [0.29, 0.717) is 12.6 Å². The first-order valence-electron chi connectivity index (χ1n) is 10.7. The van der Waals surface area contributed by atoms with Crippen LogP contribution >= 0.6 is 11.8 Å². The van der Waals surface area contributed by atoms with E-state index in [1.807, 2.05) is 0 Å². The van der Waals surface area contributed by atoms with E-state index in [1.165, 1.54) is 12.1 Å². The van der Waals surface area contributed by atoms with Crippen molar-refractivity contribution in [3.8, 4) is 17.6 Å². The fourth-order valence-corrected chi connectivity index (χ4v) is 4.67. The molecule has 2 aliphatic rings. The third-order valence-corrected chi connectivity index (χ3v) is 6.51. The molecule has 2 heterocycles. The summed E-state index contributed by atoms with van der Waals surface area (Å²) < 4.78 is 59.9. The van der Waals surface area contributed by atoms with Crippen LogP contribution in [0.25, 0.3) is 6.08 Å². The standard InChI is InChI=1S/C24H19F4N3O3S/c25-18-12-15(13-21-22(32)31(23(33)35-21)10-9-30-7-1-2-8-30)3-6-20(18)34-19-5-4-16(14-29)11-17(19)24(26,27)28/h3-6,11-13H,1-2,7-10H2/b21-13-. The molecule has 2 aliphatic heterocycles. The van der Waals surface area contributed by atoms with Gasteiger partial charge in [0.05, 0.1) is 22.1 Å². The normalized spacial score (nSPS) is 17.9. The number of imide groups is 1. The van der Waals surface area contributed by atoms with Crippen LogP contribution in [0.2, 0.25) is 0 Å². The van der Waals surface area contributed by atoms with E-state index in [4.69, 9.17) is 10.00 Å². The summed E-state index contributed by atoms with van der Waals surface area (Å²) in [7, 11) is 0. The summed E-state index contributed by atoms with van der Waals surface area (Å²) in [6.45, 7) is 2.75. The van der Waals surface area contributed by atoms with Gasteiger partial charge in [0, 0.05) is 13.1 Å². The molecule has 35 heavy (non-hydrogen) atoms. The van der Waals surface area contributed by atoms with Gasteiger partial charge in [-0.05, 0) is 79.7 Å². The Kier molecular flexibility index (Phi) is 7.14. The predicted octanol–water partition coefficient (Wildman–Crippen LogP) is 5.64. The lowest BCUT2D eigenvalue weighted by atomic mass is 10.1. The minimum atomic E-state index is -4.81. The summed E-state index contributed by atoms with van der Waals surface area (Å²) in [6.07, 6.45) is -1.27. The average Bonchev–Trinajstić information content (AvgIpc) is 3.42. The highest BCUT2D eigenvalue weighted by atomic mass is 32.2. The van der Waals surface area contributed by atoms with Crippen molar-refractivity contribution < 1.29 is 31.9 Å². The fraction of sp³-hybridized carbons (Fsp3) is 0.292. The SMILES string of the molecule is N#Cc1ccc(Oc2ccc(/C=C3\SC(=O)N(CCN4CCCC4)C3=O)cc2F)c(C(F)(F)F)c1. The molecule has 2 aromatic carbocycles. The third kappa shape index (κ3) is 5.66. The van der Waals surface area contributed by atoms with Crippen molar-refractivity contribution in [2.45, 2.75) is 19.0 Å². The first-order valence-corrected chi connectivity index (χ1v) is 11.5. The van der Waals surface area contributed by atoms with Crippen molar-refractivity contribution >= 4 is 29.0 Å². The van der Waals surface area contributed by atoms with Crippen molar-refractivity contribution in [1.29, 1.82) is 5.26 Å². The van der Waals surface area contributed by atoms with Gasteiger partial charge in [0.15, 0.2) is 11.6 Å². The molecule has 0 saturated carbocycles. The highest BCUT2D eigenvalue weighted by Crippen LogP contribution is 2.39. The number of carbonyl (C=O) groups excluding carboxylic acids is 2. The molecule has 0 N–H and O–H groups in total. The van der Waals surface area contributed by atoms with Gasteiger partial charge in [-0.25, -0.2) is 4.39 Å². The molecule has 0 spiro atoms. The Hall–Kier alpha value is -3.36. The van der Waals surface area contributed by atoms with E-state index >= 15 is 0 Å². The maximum absolute atomic E-state index is 14.7. The molecule has 0 unspecified atom stereocenters. The first-order chi connectivity index (χ1) is 16.7. The van der Waals surface area contributed by atoms with Gasteiger partial charge < -0.3 is 9.64 Å². The molecular weight excluding hydrogens is 486 g/mol. The van der Waals surface area contributed by atoms with Gasteiger partial charge in [0.1, 0.15) is 5.75 Å². The number of hydrogen-bond donors (Lipinski definition) is 0. The molecule has 11 heteroatoms. The second-order valence-corrected chi connectivity index (χ2v) is 8.99. The van der Waals surface area contributed by atoms with Gasteiger partial charge in [-0.3, -0.25) is 14.5 Å². The molecule has 0 bridgehead atoms. The number of alkyl halides is 3. The number of thioether (sulfide) groups is 1. The molecule has 0 aliphatic carbocycles. The largest absolute Gasteiger partial charge is 0.454 e. The number of nitrogens with zero attached hydrogens (tertiary/aromatic N) is 3. The molecule has 0 atom stereocenters. The number of carbonyl (C=O) groups is 2. The van der Waals surface area contributed by atoms with Crippen LogP contribution in [0.3, 0.4) is 0 Å². The van der Waals surface area contributed by atoms with Crippen LogP contribution in [0.15, 0.2) is 41.3 Å². The molecular formula is C24H19F4N3O3S. The minimum absolute atomic E-state index is 0.135. The maximum Gasteiger partial charge on any atom is 0.420 e. The molecule has 0 radical (unpaired) electrons. The molecule has 2 aromatic rings. The zero-order valence-corrected chi connectivity index (χ0v) is 19.1. The lowest BCUT2D eigenvalue weighted by molar-refractivity contribution is -0.138. The summed E-state index contributed by atoms with van der Waals surface area (Å²) >= 11 is 0.755. The highest BCUT2D eigenvalue weighted by Gasteiger charge is 2.36. The van der Waals surface area contributed by atoms with Crippen LogP contribution in [-0.4, -0.2) is 47.1 Å². The number of likely N-dealkylation sites (tertiary alicyclic amines) is 1. The van der Waals surface area contributed by atoms with Crippen LogP contribution in [0, 0.1) is 17.1 Å². The van der Waals surface area contributed by atoms with Crippen molar-refractivity contribution in [3.63, 3.8) is 0 Å². The van der Waals surface area contributed by atoms with Gasteiger partial charge in [-0.1, -0.05) is 6.07 Å². The van der Waals surface area contributed by atoms with Crippen LogP contribution in [0.5, 0.6) is 11.5 Å². The predicted molar refractivity (Wildman–Crippen MR) is 121 cm³/mol. The molecule has 6 nitrogen and oxygen atoms in total. The number of hydrogen-bond acceptors (Lipinski definition) is 6. The second-order valence-electron chi connectivity index (χ2n) is 7.99. The van der Waals surface area contributed by atoms with Crippen LogP contribution in [0.1, 0.15) is 29.5 Å². The fourth-order valence-electron chi connectivity index (χ4n) is 3.81. The number of benzene rings is 2. The van der Waals surface area contributed by atoms with Gasteiger partial charge in [-0.15, -0.1) is 0 Å². The zero-order valence-electron chi connectivity index (χ0n) is 18.3. The molecule has 2 saturated heterocycles. The number of nitriles is 1. The van der Waals surface area contributed by atoms with Crippen LogP contribution < -0.4 is 4.74 Å². The Morgan fingerprint density at radius 3 is 2.43 bits per heavy atom. The topological polar surface area (TPSA) is 73.6 Å². The zero-order chi connectivity index (χ0) is 25.2. The van der Waals surface area contributed by atoms with Crippen molar-refractivity contribution in [1.82, 2.24) is 9.80 Å². The molecule has 2 fully saturated rings. The third-order valence-electron chi connectivity index (χ3n) is 5.60. The first kappa shape index (κ1) is 24.8. The lowest BCUT2D eigenvalue weighted by Crippen LogP contribution is -2.36. The van der Waals surface area contributed by atoms with Gasteiger partial charge in [-0.2, -0.15) is 18.4 Å². The lowest BCUT2D eigenvalue weighted by Gasteiger charge is -2.18. The van der Waals surface area contributed by atoms with E-state index < -0.39 is 40.2 Å². The Bertz CT molecular complexity index is 1230. The molecule has 4 rings (SSSR count). The highest BCUT2D eigenvalue weighted by molar-refractivity contribution is 8.18. The molecule has 182 valence electrons. The van der Waals surface area contributed by atoms with Crippen molar-refractivity contribution in [2.24, 2.45) is 0 Å². The van der Waals surface area contributed by atoms with E-state index in [0.717, 1.165) is 66.9 Å². The van der Waals surface area contributed by atoms with E-state index in [2.05, 4.69) is 4.90 Å². The summed E-state index contributed by atoms with van der Waals surface area (Å²) in [4.78, 5) is 28.4. The average molecular weight is 505 g/mol. The summed E-state index contributed by atoms with van der Waals surface area (Å²) in [5.74, 6) is -2.53. The van der Waals surface area contributed by atoms with Gasteiger partial charge >= 0.3 is 6.18 Å². The number of amides is 2. The van der Waals surface area contributed by atoms with Crippen LogP contribution in [-0.2, 0) is 11.0 Å². The van der Waals surface area contributed by atoms with E-state index in [9.17, 15) is 27.2 Å². The smallest absolute Gasteiger partial charge is 0.420 e. The maximum atomic E-state index is 14.7. The summed E-state index contributed by atoms with van der Waals surface area (Å²) in [5.41, 5.74) is -1.17. The number of ether oxygens (including phenoxy) is 1. The quantitative estimate of drug-likeness (QED) is 0.374. The Balaban J connectivity index is 1.49. The van der Waals surface area contributed by atoms with Crippen molar-refractivity contribution in [3.05, 3.63) is 63.8 Å². The van der Waals surface area contributed by atoms with E-state index in [1.54, 1.807) is 6.07 Å². The van der Waals surface area contributed by atoms with Gasteiger partial charge in [0.25, 0.3) is 11.1 Å².